The van der Waals surface area contributed by atoms with Gasteiger partial charge in [0.1, 0.15) is 0 Å². The minimum absolute atomic E-state index is 0.167. The molecule has 0 heterocycles. The van der Waals surface area contributed by atoms with Crippen molar-refractivity contribution in [3.05, 3.63) is 0 Å². The van der Waals surface area contributed by atoms with Crippen molar-refractivity contribution in [3.8, 4) is 0 Å². The van der Waals surface area contributed by atoms with E-state index >= 15 is 0 Å². The van der Waals surface area contributed by atoms with Crippen molar-refractivity contribution in [2.45, 2.75) is 37.6 Å². The van der Waals surface area contributed by atoms with Gasteiger partial charge in [-0.2, -0.15) is 0 Å². The lowest BCUT2D eigenvalue weighted by atomic mass is 10.2. The molecular weight excluding hydrogens is 168 g/mol. The van der Waals surface area contributed by atoms with E-state index in [1.165, 1.54) is 0 Å². The van der Waals surface area contributed by atoms with Crippen molar-refractivity contribution in [2.24, 2.45) is 0 Å². The molecule has 0 fully saturated rings. The van der Waals surface area contributed by atoms with E-state index in [0.717, 1.165) is 12.8 Å². The molecule has 0 spiro atoms. The highest BCUT2D eigenvalue weighted by Crippen LogP contribution is 2.11. The molecular formula is C6H13BrO. The number of halogens is 1. The Labute approximate surface area is 59.2 Å². The van der Waals surface area contributed by atoms with E-state index < -0.39 is 0 Å². The second-order valence-corrected chi connectivity index (χ2v) is 3.08. The van der Waals surface area contributed by atoms with Crippen LogP contribution in [0.4, 0.5) is 0 Å². The lowest BCUT2D eigenvalue weighted by Crippen LogP contribution is -2.17. The van der Waals surface area contributed by atoms with Crippen LogP contribution in [0, 0.1) is 0 Å². The van der Waals surface area contributed by atoms with Crippen LogP contribution in [0.5, 0.6) is 0 Å². The van der Waals surface area contributed by atoms with Crippen molar-refractivity contribution in [1.29, 1.82) is 0 Å². The van der Waals surface area contributed by atoms with Crippen molar-refractivity contribution in [3.63, 3.8) is 0 Å². The zero-order chi connectivity index (χ0) is 6.57. The first-order valence-corrected chi connectivity index (χ1v) is 3.96. The summed E-state index contributed by atoms with van der Waals surface area (Å²) in [4.78, 5) is 0.285. The van der Waals surface area contributed by atoms with E-state index in [-0.39, 0.29) is 10.9 Å². The van der Waals surface area contributed by atoms with Gasteiger partial charge < -0.3 is 5.11 Å². The molecule has 0 aromatic rings. The molecule has 0 aliphatic heterocycles. The van der Waals surface area contributed by atoms with E-state index in [9.17, 15) is 0 Å². The maximum absolute atomic E-state index is 9.08. The molecule has 0 aromatic heterocycles. The highest BCUT2D eigenvalue weighted by molar-refractivity contribution is 9.09. The SMILES string of the molecule is CC[C@@H](O)[C@H](Br)CC. The fourth-order valence-electron chi connectivity index (χ4n) is 0.528. The minimum atomic E-state index is -0.167. The molecule has 0 saturated carbocycles. The van der Waals surface area contributed by atoms with Gasteiger partial charge in [-0.1, -0.05) is 29.8 Å². The van der Waals surface area contributed by atoms with Crippen LogP contribution in [0.25, 0.3) is 0 Å². The zero-order valence-corrected chi connectivity index (χ0v) is 6.98. The molecule has 1 N–H and O–H groups in total. The third kappa shape index (κ3) is 2.68. The van der Waals surface area contributed by atoms with Crippen LogP contribution >= 0.6 is 15.9 Å². The Morgan fingerprint density at radius 3 is 2.00 bits per heavy atom. The summed E-state index contributed by atoms with van der Waals surface area (Å²) in [6.45, 7) is 4.03. The molecule has 8 heavy (non-hydrogen) atoms. The summed E-state index contributed by atoms with van der Waals surface area (Å²) in [7, 11) is 0. The van der Waals surface area contributed by atoms with Crippen LogP contribution in [-0.4, -0.2) is 16.0 Å². The summed E-state index contributed by atoms with van der Waals surface area (Å²) >= 11 is 3.35. The standard InChI is InChI=1S/C6H13BrO/c1-3-5(7)6(8)4-2/h5-6,8H,3-4H2,1-2H3/t5-,6-/m1/s1. The van der Waals surface area contributed by atoms with Crippen molar-refractivity contribution < 1.29 is 5.11 Å². The van der Waals surface area contributed by atoms with Crippen LogP contribution in [-0.2, 0) is 0 Å². The molecule has 0 rings (SSSR count). The highest BCUT2D eigenvalue weighted by Gasteiger charge is 2.09. The summed E-state index contributed by atoms with van der Waals surface area (Å²) in [6.07, 6.45) is 1.67. The monoisotopic (exact) mass is 180 g/mol. The second kappa shape index (κ2) is 4.33. The normalized spacial score (nSPS) is 18.0. The fraction of sp³-hybridized carbons (Fsp3) is 1.00. The number of alkyl halides is 1. The molecule has 50 valence electrons. The summed E-state index contributed by atoms with van der Waals surface area (Å²) in [6, 6.07) is 0. The van der Waals surface area contributed by atoms with E-state index in [1.54, 1.807) is 0 Å². The summed E-state index contributed by atoms with van der Waals surface area (Å²) in [5.41, 5.74) is 0. The van der Waals surface area contributed by atoms with Gasteiger partial charge >= 0.3 is 0 Å². The quantitative estimate of drug-likeness (QED) is 0.659. The van der Waals surface area contributed by atoms with E-state index in [1.807, 2.05) is 6.92 Å². The van der Waals surface area contributed by atoms with Crippen molar-refractivity contribution in [2.75, 3.05) is 0 Å². The maximum Gasteiger partial charge on any atom is 0.0662 e. The summed E-state index contributed by atoms with van der Waals surface area (Å²) in [5.74, 6) is 0. The van der Waals surface area contributed by atoms with Gasteiger partial charge in [0.05, 0.1) is 6.10 Å². The zero-order valence-electron chi connectivity index (χ0n) is 5.39. The number of aliphatic hydroxyl groups is 1. The van der Waals surface area contributed by atoms with Gasteiger partial charge in [0.15, 0.2) is 0 Å². The number of hydrogen-bond donors (Lipinski definition) is 1. The summed E-state index contributed by atoms with van der Waals surface area (Å²) < 4.78 is 0. The van der Waals surface area contributed by atoms with Crippen LogP contribution in [0.15, 0.2) is 0 Å². The average Bonchev–Trinajstić information content (AvgIpc) is 1.84. The molecule has 1 nitrogen and oxygen atoms in total. The predicted octanol–water partition coefficient (Wildman–Crippen LogP) is 1.93. The third-order valence-electron chi connectivity index (χ3n) is 1.23. The first-order chi connectivity index (χ1) is 3.72. The topological polar surface area (TPSA) is 20.2 Å². The van der Waals surface area contributed by atoms with Gasteiger partial charge in [0, 0.05) is 4.83 Å². The van der Waals surface area contributed by atoms with Gasteiger partial charge in [0.25, 0.3) is 0 Å². The second-order valence-electron chi connectivity index (χ2n) is 1.90. The van der Waals surface area contributed by atoms with Crippen LogP contribution < -0.4 is 0 Å². The molecule has 0 aromatic carbocycles. The van der Waals surface area contributed by atoms with Gasteiger partial charge in [-0.25, -0.2) is 0 Å². The fourth-order valence-corrected chi connectivity index (χ4v) is 0.902. The Morgan fingerprint density at radius 2 is 1.88 bits per heavy atom. The molecule has 0 radical (unpaired) electrons. The van der Waals surface area contributed by atoms with Gasteiger partial charge in [-0.3, -0.25) is 0 Å². The molecule has 2 heteroatoms. The van der Waals surface area contributed by atoms with Crippen LogP contribution in [0.1, 0.15) is 26.7 Å². The Bertz CT molecular complexity index is 48.5. The van der Waals surface area contributed by atoms with Gasteiger partial charge in [-0.05, 0) is 12.8 Å². The van der Waals surface area contributed by atoms with Gasteiger partial charge in [0.2, 0.25) is 0 Å². The lowest BCUT2D eigenvalue weighted by molar-refractivity contribution is 0.167. The van der Waals surface area contributed by atoms with E-state index in [2.05, 4.69) is 22.9 Å². The molecule has 0 aliphatic carbocycles. The Hall–Kier alpha value is 0.440. The molecule has 0 aliphatic rings. The Morgan fingerprint density at radius 1 is 1.38 bits per heavy atom. The average molecular weight is 181 g/mol. The number of aliphatic hydroxyl groups excluding tert-OH is 1. The lowest BCUT2D eigenvalue weighted by Gasteiger charge is -2.11. The van der Waals surface area contributed by atoms with Crippen molar-refractivity contribution >= 4 is 15.9 Å². The maximum atomic E-state index is 9.08. The molecule has 0 amide bonds. The van der Waals surface area contributed by atoms with Gasteiger partial charge in [-0.15, -0.1) is 0 Å². The number of hydrogen-bond acceptors (Lipinski definition) is 1. The first-order valence-electron chi connectivity index (χ1n) is 3.04. The first kappa shape index (κ1) is 8.44. The minimum Gasteiger partial charge on any atom is -0.392 e. The molecule has 0 saturated heterocycles. The Kier molecular flexibility index (Phi) is 4.57. The van der Waals surface area contributed by atoms with E-state index in [4.69, 9.17) is 5.11 Å². The third-order valence-corrected chi connectivity index (χ3v) is 2.48. The van der Waals surface area contributed by atoms with E-state index in [0.29, 0.717) is 0 Å². The Balaban J connectivity index is 3.29. The molecule has 2 atom stereocenters. The van der Waals surface area contributed by atoms with Crippen molar-refractivity contribution in [1.82, 2.24) is 0 Å². The number of rotatable bonds is 3. The largest absolute Gasteiger partial charge is 0.392 e. The van der Waals surface area contributed by atoms with Crippen LogP contribution in [0.3, 0.4) is 0 Å². The predicted molar refractivity (Wildman–Crippen MR) is 39.3 cm³/mol. The smallest absolute Gasteiger partial charge is 0.0662 e. The highest BCUT2D eigenvalue weighted by atomic mass is 79.9. The van der Waals surface area contributed by atoms with Crippen LogP contribution in [0.2, 0.25) is 0 Å². The molecule has 0 bridgehead atoms. The molecule has 0 unspecified atom stereocenters. The summed E-state index contributed by atoms with van der Waals surface area (Å²) in [5, 5.41) is 9.08.